The van der Waals surface area contributed by atoms with Crippen LogP contribution in [-0.4, -0.2) is 35.4 Å². The summed E-state index contributed by atoms with van der Waals surface area (Å²) in [6.45, 7) is 8.36. The van der Waals surface area contributed by atoms with E-state index >= 15 is 0 Å². The molecule has 174 valence electrons. The average Bonchev–Trinajstić information content (AvgIpc) is 3.21. The number of benzene rings is 2. The highest BCUT2D eigenvalue weighted by Crippen LogP contribution is 2.51. The summed E-state index contributed by atoms with van der Waals surface area (Å²) in [5.41, 5.74) is -0.420. The van der Waals surface area contributed by atoms with Gasteiger partial charge in [-0.3, -0.25) is 14.3 Å². The number of aliphatic hydroxyl groups excluding tert-OH is 1. The van der Waals surface area contributed by atoms with Gasteiger partial charge in [-0.05, 0) is 23.9 Å². The molecule has 0 saturated carbocycles. The molecule has 0 unspecified atom stereocenters. The number of aliphatic hydroxyl groups is 1. The highest BCUT2D eigenvalue weighted by molar-refractivity contribution is 7.05. The number of rotatable bonds is 5. The summed E-state index contributed by atoms with van der Waals surface area (Å²) in [6, 6.07) is 21.1. The summed E-state index contributed by atoms with van der Waals surface area (Å²) in [6.07, 6.45) is 1.15. The lowest BCUT2D eigenvalue weighted by Crippen LogP contribution is -2.68. The van der Waals surface area contributed by atoms with E-state index in [0.717, 1.165) is 0 Å². The van der Waals surface area contributed by atoms with Crippen LogP contribution in [0.15, 0.2) is 76.4 Å². The number of aromatic amines is 1. The maximum Gasteiger partial charge on any atom is 0.330 e. The maximum atomic E-state index is 12.6. The Morgan fingerprint density at radius 3 is 2.06 bits per heavy atom. The van der Waals surface area contributed by atoms with E-state index in [2.05, 4.69) is 74.3 Å². The van der Waals surface area contributed by atoms with Gasteiger partial charge in [-0.15, -0.1) is 0 Å². The lowest BCUT2D eigenvalue weighted by atomic mass is 10.2. The van der Waals surface area contributed by atoms with E-state index in [4.69, 9.17) is 4.74 Å². The number of hydrogen-bond acceptors (Lipinski definition) is 4. The van der Waals surface area contributed by atoms with Crippen LogP contribution in [0.25, 0.3) is 0 Å². The van der Waals surface area contributed by atoms with Crippen molar-refractivity contribution < 1.29 is 9.84 Å². The van der Waals surface area contributed by atoms with Gasteiger partial charge in [0.2, 0.25) is 0 Å². The Bertz CT molecular complexity index is 1180. The van der Waals surface area contributed by atoms with Gasteiger partial charge in [-0.1, -0.05) is 91.8 Å². The third-order valence-corrected chi connectivity index (χ3v) is 13.6. The molecule has 6 nitrogen and oxygen atoms in total. The summed E-state index contributed by atoms with van der Waals surface area (Å²) >= 11 is 0. The molecule has 1 aliphatic heterocycles. The molecule has 0 aliphatic carbocycles. The molecule has 2 N–H and O–H groups in total. The molecule has 0 radical (unpaired) electrons. The minimum Gasteiger partial charge on any atom is -0.394 e. The summed E-state index contributed by atoms with van der Waals surface area (Å²) in [5.74, 6) is 0. The Morgan fingerprint density at radius 1 is 1.03 bits per heavy atom. The predicted octanol–water partition coefficient (Wildman–Crippen LogP) is 2.56. The molecular formula is C26H32N2O4Si. The van der Waals surface area contributed by atoms with E-state index in [0.29, 0.717) is 12.0 Å². The van der Waals surface area contributed by atoms with E-state index in [-0.39, 0.29) is 17.2 Å². The molecule has 7 heteroatoms. The van der Waals surface area contributed by atoms with Gasteiger partial charge in [0.05, 0.1) is 12.7 Å². The van der Waals surface area contributed by atoms with Crippen molar-refractivity contribution in [2.24, 2.45) is 0 Å². The van der Waals surface area contributed by atoms with Gasteiger partial charge in [0, 0.05) is 11.8 Å². The van der Waals surface area contributed by atoms with Gasteiger partial charge in [0.1, 0.15) is 14.3 Å². The first-order valence-corrected chi connectivity index (χ1v) is 13.5. The number of nitrogens with zero attached hydrogens (tertiary/aromatic N) is 1. The highest BCUT2D eigenvalue weighted by Gasteiger charge is 2.58. The zero-order valence-corrected chi connectivity index (χ0v) is 20.6. The van der Waals surface area contributed by atoms with Crippen LogP contribution in [0.1, 0.15) is 39.0 Å². The predicted molar refractivity (Wildman–Crippen MR) is 133 cm³/mol. The van der Waals surface area contributed by atoms with E-state index in [9.17, 15) is 14.7 Å². The van der Waals surface area contributed by atoms with Crippen molar-refractivity contribution in [1.29, 1.82) is 0 Å². The molecule has 2 heterocycles. The van der Waals surface area contributed by atoms with Crippen molar-refractivity contribution in [2.45, 2.75) is 57.0 Å². The lowest BCUT2D eigenvalue weighted by Gasteiger charge is -2.49. The van der Waals surface area contributed by atoms with Gasteiger partial charge in [-0.2, -0.15) is 0 Å². The third-order valence-electron chi connectivity index (χ3n) is 7.07. The Kier molecular flexibility index (Phi) is 6.31. The van der Waals surface area contributed by atoms with Crippen molar-refractivity contribution in [1.82, 2.24) is 9.55 Å². The topological polar surface area (TPSA) is 84.3 Å². The Hall–Kier alpha value is -2.74. The van der Waals surface area contributed by atoms with Gasteiger partial charge in [0.25, 0.3) is 5.56 Å². The van der Waals surface area contributed by atoms with Gasteiger partial charge in [-0.25, -0.2) is 4.79 Å². The smallest absolute Gasteiger partial charge is 0.330 e. The molecule has 1 saturated heterocycles. The van der Waals surface area contributed by atoms with E-state index < -0.39 is 31.7 Å². The van der Waals surface area contributed by atoms with E-state index in [1.165, 1.54) is 14.9 Å². The van der Waals surface area contributed by atoms with E-state index in [1.807, 2.05) is 12.1 Å². The number of H-pyrrole nitrogens is 1. The maximum absolute atomic E-state index is 12.6. The Morgan fingerprint density at radius 2 is 1.58 bits per heavy atom. The zero-order valence-electron chi connectivity index (χ0n) is 19.6. The molecule has 0 spiro atoms. The first-order valence-electron chi connectivity index (χ1n) is 11.4. The van der Waals surface area contributed by atoms with Crippen molar-refractivity contribution in [3.05, 3.63) is 93.3 Å². The monoisotopic (exact) mass is 464 g/mol. The van der Waals surface area contributed by atoms with Crippen LogP contribution >= 0.6 is 0 Å². The molecule has 33 heavy (non-hydrogen) atoms. The molecule has 4 rings (SSSR count). The fourth-order valence-electron chi connectivity index (χ4n) is 5.75. The molecule has 3 atom stereocenters. The summed E-state index contributed by atoms with van der Waals surface area (Å²) in [4.78, 5) is 26.9. The minimum atomic E-state index is -2.59. The first kappa shape index (κ1) is 23.4. The van der Waals surface area contributed by atoms with Crippen LogP contribution in [0.3, 0.4) is 0 Å². The number of aryl methyl sites for hydroxylation is 1. The quantitative estimate of drug-likeness (QED) is 0.569. The van der Waals surface area contributed by atoms with Crippen molar-refractivity contribution >= 4 is 18.4 Å². The Labute approximate surface area is 194 Å². The number of aromatic nitrogens is 2. The van der Waals surface area contributed by atoms with Crippen LogP contribution in [0.5, 0.6) is 0 Å². The standard InChI is InChI=1S/C26H32N2O4Si/c1-18-16-28(25(31)27-24(18)30)23-15-22(21(17-29)32-23)33(26(2,3)4,19-11-7-5-8-12-19)20-13-9-6-10-14-20/h5-14,16,21-23,29H,15,17H2,1-4H3,(H,27,30,31)/t21-,22+,23-/m1/s1. The van der Waals surface area contributed by atoms with Crippen LogP contribution in [0.4, 0.5) is 0 Å². The lowest BCUT2D eigenvalue weighted by molar-refractivity contribution is -0.0250. The normalized spacial score (nSPS) is 21.3. The van der Waals surface area contributed by atoms with Crippen LogP contribution in [-0.2, 0) is 4.74 Å². The first-order chi connectivity index (χ1) is 15.7. The molecule has 2 aromatic carbocycles. The summed E-state index contributed by atoms with van der Waals surface area (Å²) in [7, 11) is -2.59. The summed E-state index contributed by atoms with van der Waals surface area (Å²) < 4.78 is 7.82. The molecule has 1 aliphatic rings. The SMILES string of the molecule is Cc1cn([C@H]2C[C@H]([Si](c3ccccc3)(c3ccccc3)C(C)(C)C)[C@@H](CO)O2)c(=O)[nH]c1=O. The van der Waals surface area contributed by atoms with Gasteiger partial charge < -0.3 is 9.84 Å². The fourth-order valence-corrected chi connectivity index (χ4v) is 12.5. The molecule has 3 aromatic rings. The minimum absolute atomic E-state index is 0.0106. The third kappa shape index (κ3) is 3.94. The highest BCUT2D eigenvalue weighted by atomic mass is 28.3. The van der Waals surface area contributed by atoms with Crippen molar-refractivity contribution in [2.75, 3.05) is 6.61 Å². The van der Waals surface area contributed by atoms with Gasteiger partial charge in [0.15, 0.2) is 0 Å². The van der Waals surface area contributed by atoms with Gasteiger partial charge >= 0.3 is 5.69 Å². The number of nitrogens with one attached hydrogen (secondary N) is 1. The second kappa shape index (κ2) is 8.89. The molecule has 1 aromatic heterocycles. The molecule has 0 amide bonds. The van der Waals surface area contributed by atoms with Crippen molar-refractivity contribution in [3.63, 3.8) is 0 Å². The Balaban J connectivity index is 1.93. The molecular weight excluding hydrogens is 432 g/mol. The zero-order chi connectivity index (χ0) is 23.8. The molecule has 1 fully saturated rings. The summed E-state index contributed by atoms with van der Waals surface area (Å²) in [5, 5.41) is 12.9. The van der Waals surface area contributed by atoms with Crippen molar-refractivity contribution in [3.8, 4) is 0 Å². The van der Waals surface area contributed by atoms with Crippen LogP contribution in [0.2, 0.25) is 10.6 Å². The second-order valence-corrected chi connectivity index (χ2v) is 14.9. The van der Waals surface area contributed by atoms with Crippen LogP contribution in [0, 0.1) is 6.92 Å². The largest absolute Gasteiger partial charge is 0.394 e. The number of ether oxygens (including phenoxy) is 1. The number of hydrogen-bond donors (Lipinski definition) is 2. The van der Waals surface area contributed by atoms with E-state index in [1.54, 1.807) is 13.1 Å². The second-order valence-electron chi connectivity index (χ2n) is 9.92. The average molecular weight is 465 g/mol. The fraction of sp³-hybridized carbons (Fsp3) is 0.385. The van der Waals surface area contributed by atoms with Crippen LogP contribution < -0.4 is 21.6 Å². The molecule has 0 bridgehead atoms.